The molecule has 1 amide bonds. The number of hydrogen-bond donors (Lipinski definition) is 3. The molecule has 0 spiro atoms. The number of carbonyl (C=O) groups excluding carboxylic acids is 1. The predicted molar refractivity (Wildman–Crippen MR) is 101 cm³/mol. The van der Waals surface area contributed by atoms with Crippen LogP contribution in [0.25, 0.3) is 0 Å². The Morgan fingerprint density at radius 3 is 2.62 bits per heavy atom. The van der Waals surface area contributed by atoms with Gasteiger partial charge in [-0.1, -0.05) is 18.6 Å². The van der Waals surface area contributed by atoms with E-state index in [1.807, 2.05) is 0 Å². The maximum atomic E-state index is 12.7. The van der Waals surface area contributed by atoms with Crippen LogP contribution in [-0.4, -0.2) is 33.0 Å². The highest BCUT2D eigenvalue weighted by Gasteiger charge is 2.40. The van der Waals surface area contributed by atoms with E-state index in [-0.39, 0.29) is 29.4 Å². The molecule has 2 aliphatic carbocycles. The van der Waals surface area contributed by atoms with Crippen LogP contribution >= 0.6 is 0 Å². The summed E-state index contributed by atoms with van der Waals surface area (Å²) in [7, 11) is -3.65. The normalized spacial score (nSPS) is 28.3. The van der Waals surface area contributed by atoms with Crippen LogP contribution in [0.15, 0.2) is 41.8 Å². The third-order valence-corrected chi connectivity index (χ3v) is 6.92. The molecule has 0 saturated heterocycles. The summed E-state index contributed by atoms with van der Waals surface area (Å²) in [5.41, 5.74) is 6.50. The van der Waals surface area contributed by atoms with Crippen molar-refractivity contribution < 1.29 is 13.2 Å². The molecular formula is C19H27N3O3S. The number of rotatable bonds is 6. The highest BCUT2D eigenvalue weighted by molar-refractivity contribution is 7.89. The topological polar surface area (TPSA) is 101 Å². The van der Waals surface area contributed by atoms with Crippen LogP contribution in [0.4, 0.5) is 0 Å². The van der Waals surface area contributed by atoms with Gasteiger partial charge >= 0.3 is 0 Å². The smallest absolute Gasteiger partial charge is 0.251 e. The summed E-state index contributed by atoms with van der Waals surface area (Å²) < 4.78 is 26.9. The number of sulfonamides is 1. The molecule has 26 heavy (non-hydrogen) atoms. The van der Waals surface area contributed by atoms with Crippen molar-refractivity contribution >= 4 is 15.9 Å². The number of fused-ring (bicyclic) bond motifs is 2. The van der Waals surface area contributed by atoms with Gasteiger partial charge in [-0.3, -0.25) is 4.79 Å². The third-order valence-electron chi connectivity index (χ3n) is 5.50. The van der Waals surface area contributed by atoms with E-state index in [1.54, 1.807) is 12.1 Å². The van der Waals surface area contributed by atoms with Gasteiger partial charge in [0.05, 0.1) is 4.90 Å². The molecule has 0 aliphatic heterocycles. The van der Waals surface area contributed by atoms with Crippen molar-refractivity contribution in [2.75, 3.05) is 6.54 Å². The van der Waals surface area contributed by atoms with E-state index < -0.39 is 10.0 Å². The Morgan fingerprint density at radius 1 is 1.27 bits per heavy atom. The molecule has 2 fully saturated rings. The van der Waals surface area contributed by atoms with Crippen LogP contribution in [0, 0.1) is 11.8 Å². The van der Waals surface area contributed by atoms with Crippen LogP contribution in [0.2, 0.25) is 0 Å². The molecule has 6 nitrogen and oxygen atoms in total. The van der Waals surface area contributed by atoms with E-state index in [9.17, 15) is 13.2 Å². The Balaban J connectivity index is 1.74. The minimum absolute atomic E-state index is 0.0814. The first-order valence-corrected chi connectivity index (χ1v) is 10.7. The zero-order valence-electron chi connectivity index (χ0n) is 14.9. The molecule has 0 radical (unpaired) electrons. The van der Waals surface area contributed by atoms with Gasteiger partial charge in [0.15, 0.2) is 0 Å². The van der Waals surface area contributed by atoms with Gasteiger partial charge in [0.25, 0.3) is 5.91 Å². The van der Waals surface area contributed by atoms with Crippen molar-refractivity contribution in [3.63, 3.8) is 0 Å². The zero-order valence-corrected chi connectivity index (χ0v) is 15.7. The first-order chi connectivity index (χ1) is 12.4. The summed E-state index contributed by atoms with van der Waals surface area (Å²) in [6.07, 6.45) is 6.74. The molecule has 0 aromatic heterocycles. The van der Waals surface area contributed by atoms with Crippen molar-refractivity contribution in [1.29, 1.82) is 0 Å². The highest BCUT2D eigenvalue weighted by atomic mass is 32.2. The molecule has 2 saturated carbocycles. The number of amides is 1. The molecule has 4 N–H and O–H groups in total. The summed E-state index contributed by atoms with van der Waals surface area (Å²) in [5, 5.41) is 3.15. The number of nitrogens with two attached hydrogens (primary N) is 1. The monoisotopic (exact) mass is 377 g/mol. The van der Waals surface area contributed by atoms with E-state index in [2.05, 4.69) is 16.6 Å². The SMILES string of the molecule is C=CCNS(=O)(=O)c1cccc(C(=O)NC2C3CCCC2CC(N)C3)c1. The maximum Gasteiger partial charge on any atom is 0.251 e. The zero-order chi connectivity index (χ0) is 18.7. The van der Waals surface area contributed by atoms with Crippen molar-refractivity contribution in [2.45, 2.75) is 49.1 Å². The molecule has 0 heterocycles. The average molecular weight is 378 g/mol. The molecule has 1 aromatic rings. The summed E-state index contributed by atoms with van der Waals surface area (Å²) in [4.78, 5) is 12.8. The predicted octanol–water partition coefficient (Wildman–Crippen LogP) is 1.79. The van der Waals surface area contributed by atoms with Crippen LogP contribution in [0.5, 0.6) is 0 Å². The fourth-order valence-corrected chi connectivity index (χ4v) is 5.36. The Bertz CT molecular complexity index is 764. The van der Waals surface area contributed by atoms with Crippen LogP contribution < -0.4 is 15.8 Å². The first kappa shape index (κ1) is 19.1. The van der Waals surface area contributed by atoms with Crippen LogP contribution in [0.1, 0.15) is 42.5 Å². The number of nitrogens with one attached hydrogen (secondary N) is 2. The minimum Gasteiger partial charge on any atom is -0.349 e. The Morgan fingerprint density at radius 2 is 1.96 bits per heavy atom. The molecule has 7 heteroatoms. The van der Waals surface area contributed by atoms with Gasteiger partial charge in [-0.25, -0.2) is 13.1 Å². The molecule has 2 atom stereocenters. The average Bonchev–Trinajstić information content (AvgIpc) is 2.61. The molecule has 1 aromatic carbocycles. The highest BCUT2D eigenvalue weighted by Crippen LogP contribution is 2.39. The number of benzene rings is 1. The third kappa shape index (κ3) is 4.16. The molecule has 3 rings (SSSR count). The second-order valence-corrected chi connectivity index (χ2v) is 9.12. The molecule has 2 bridgehead atoms. The Labute approximate surface area is 155 Å². The first-order valence-electron chi connectivity index (χ1n) is 9.18. The van der Waals surface area contributed by atoms with Crippen molar-refractivity contribution in [1.82, 2.24) is 10.0 Å². The standard InChI is InChI=1S/C19H27N3O3S/c1-2-9-21-26(24,25)17-8-4-7-15(12-17)19(23)22-18-13-5-3-6-14(18)11-16(20)10-13/h2,4,7-8,12-14,16,18,21H,1,3,5-6,9-11,20H2,(H,22,23). The lowest BCUT2D eigenvalue weighted by molar-refractivity contribution is 0.0756. The van der Waals surface area contributed by atoms with Crippen molar-refractivity contribution in [2.24, 2.45) is 17.6 Å². The van der Waals surface area contributed by atoms with Crippen LogP contribution in [0.3, 0.4) is 0 Å². The number of carbonyl (C=O) groups is 1. The van der Waals surface area contributed by atoms with Gasteiger partial charge in [0.2, 0.25) is 10.0 Å². The summed E-state index contributed by atoms with van der Waals surface area (Å²) in [6.45, 7) is 3.64. The second-order valence-electron chi connectivity index (χ2n) is 7.35. The number of hydrogen-bond acceptors (Lipinski definition) is 4. The van der Waals surface area contributed by atoms with E-state index in [0.717, 1.165) is 25.7 Å². The fourth-order valence-electron chi connectivity index (χ4n) is 4.32. The molecule has 2 aliphatic rings. The summed E-state index contributed by atoms with van der Waals surface area (Å²) in [6, 6.07) is 6.50. The van der Waals surface area contributed by atoms with Gasteiger partial charge < -0.3 is 11.1 Å². The van der Waals surface area contributed by atoms with Gasteiger partial charge in [-0.15, -0.1) is 6.58 Å². The Hall–Kier alpha value is -1.70. The largest absolute Gasteiger partial charge is 0.349 e. The van der Waals surface area contributed by atoms with Gasteiger partial charge in [-0.05, 0) is 55.7 Å². The van der Waals surface area contributed by atoms with Gasteiger partial charge in [-0.2, -0.15) is 0 Å². The molecular weight excluding hydrogens is 350 g/mol. The lowest BCUT2D eigenvalue weighted by atomic mass is 9.67. The Kier molecular flexibility index (Phi) is 5.79. The van der Waals surface area contributed by atoms with Crippen LogP contribution in [-0.2, 0) is 10.0 Å². The van der Waals surface area contributed by atoms with E-state index in [4.69, 9.17) is 5.73 Å². The second kappa shape index (κ2) is 7.90. The van der Waals surface area contributed by atoms with Gasteiger partial charge in [0.1, 0.15) is 0 Å². The lowest BCUT2D eigenvalue weighted by Crippen LogP contribution is -2.53. The van der Waals surface area contributed by atoms with Gasteiger partial charge in [0, 0.05) is 24.2 Å². The summed E-state index contributed by atoms with van der Waals surface area (Å²) in [5.74, 6) is 0.619. The van der Waals surface area contributed by atoms with E-state index in [1.165, 1.54) is 24.6 Å². The van der Waals surface area contributed by atoms with Crippen molar-refractivity contribution in [3.05, 3.63) is 42.5 Å². The van der Waals surface area contributed by atoms with E-state index >= 15 is 0 Å². The maximum absolute atomic E-state index is 12.7. The van der Waals surface area contributed by atoms with Crippen molar-refractivity contribution in [3.8, 4) is 0 Å². The lowest BCUT2D eigenvalue weighted by Gasteiger charge is -2.45. The fraction of sp³-hybridized carbons (Fsp3) is 0.526. The quantitative estimate of drug-likeness (QED) is 0.658. The summed E-state index contributed by atoms with van der Waals surface area (Å²) >= 11 is 0. The minimum atomic E-state index is -3.65. The molecule has 2 unspecified atom stereocenters. The molecule has 142 valence electrons. The van der Waals surface area contributed by atoms with E-state index in [0.29, 0.717) is 17.4 Å².